The van der Waals surface area contributed by atoms with E-state index in [1.165, 1.54) is 25.2 Å². The molecule has 1 unspecified atom stereocenters. The summed E-state index contributed by atoms with van der Waals surface area (Å²) >= 11 is 0. The minimum Gasteiger partial charge on any atom is -0.456 e. The quantitative estimate of drug-likeness (QED) is 0.110. The van der Waals surface area contributed by atoms with Gasteiger partial charge in [-0.3, -0.25) is 19.2 Å². The molecule has 0 radical (unpaired) electrons. The number of allylic oxidation sites excluding steroid dienone is 4. The maximum absolute atomic E-state index is 17.2. The lowest BCUT2D eigenvalue weighted by atomic mass is 9.44. The van der Waals surface area contributed by atoms with Crippen LogP contribution < -0.4 is 5.32 Å². The number of nitrogens with one attached hydrogen (secondary N) is 1. The zero-order valence-electron chi connectivity index (χ0n) is 25.8. The Kier molecular flexibility index (Phi) is 10.1. The van der Waals surface area contributed by atoms with E-state index < -0.39 is 106 Å². The van der Waals surface area contributed by atoms with E-state index in [9.17, 15) is 54.7 Å². The molecule has 4 aliphatic carbocycles. The number of carbonyl (C=O) groups is 4. The number of rotatable bonds is 14. The van der Waals surface area contributed by atoms with Crippen molar-refractivity contribution in [3.8, 4) is 0 Å². The number of carbonyl (C=O) groups excluding carboxylic acids is 4. The van der Waals surface area contributed by atoms with Gasteiger partial charge in [-0.05, 0) is 63.5 Å². The van der Waals surface area contributed by atoms with Crippen LogP contribution >= 0.6 is 0 Å². The molecule has 0 aromatic carbocycles. The molecule has 18 heteroatoms. The summed E-state index contributed by atoms with van der Waals surface area (Å²) in [5.74, 6) is -4.73. The highest BCUT2D eigenvalue weighted by Gasteiger charge is 2.76. The number of esters is 1. The fourth-order valence-electron chi connectivity index (χ4n) is 8.22. The van der Waals surface area contributed by atoms with E-state index in [1.807, 2.05) is 0 Å². The number of ketones is 2. The molecule has 17 nitrogen and oxygen atoms in total. The average Bonchev–Trinajstić information content (AvgIpc) is 3.19. The van der Waals surface area contributed by atoms with Gasteiger partial charge in [0.2, 0.25) is 11.7 Å². The van der Waals surface area contributed by atoms with Crippen LogP contribution in [-0.4, -0.2) is 98.3 Å². The van der Waals surface area contributed by atoms with E-state index in [1.54, 1.807) is 6.92 Å². The lowest BCUT2D eigenvalue weighted by molar-refractivity contribution is -0.790. The van der Waals surface area contributed by atoms with Gasteiger partial charge in [-0.15, -0.1) is 20.2 Å². The number of alkyl halides is 1. The second kappa shape index (κ2) is 13.2. The highest BCUT2D eigenvalue weighted by atomic mass is 19.1. The van der Waals surface area contributed by atoms with Gasteiger partial charge in [0.05, 0.1) is 12.2 Å². The van der Waals surface area contributed by atoms with Crippen molar-refractivity contribution in [2.75, 3.05) is 19.8 Å². The molecule has 4 aliphatic rings. The Morgan fingerprint density at radius 3 is 2.51 bits per heavy atom. The Labute approximate surface area is 267 Å². The van der Waals surface area contributed by atoms with E-state index in [0.717, 1.165) is 0 Å². The van der Waals surface area contributed by atoms with Gasteiger partial charge >= 0.3 is 5.97 Å². The molecule has 1 amide bonds. The molecule has 4 N–H and O–H groups in total. The fraction of sp³-hybridized carbons (Fsp3) is 0.724. The van der Waals surface area contributed by atoms with Gasteiger partial charge in [-0.2, -0.15) is 0 Å². The maximum Gasteiger partial charge on any atom is 0.325 e. The predicted molar refractivity (Wildman–Crippen MR) is 152 cm³/mol. The summed E-state index contributed by atoms with van der Waals surface area (Å²) in [7, 11) is 0. The van der Waals surface area contributed by atoms with Gasteiger partial charge in [-0.25, -0.2) is 4.39 Å². The summed E-state index contributed by atoms with van der Waals surface area (Å²) in [6, 6.07) is 0. The van der Waals surface area contributed by atoms with Gasteiger partial charge in [0, 0.05) is 23.2 Å². The molecule has 0 aromatic rings. The normalized spacial score (nSPS) is 36.1. The number of ether oxygens (including phenoxy) is 1. The highest BCUT2D eigenvalue weighted by Crippen LogP contribution is 2.69. The van der Waals surface area contributed by atoms with E-state index >= 15 is 4.39 Å². The van der Waals surface area contributed by atoms with Crippen LogP contribution in [0.2, 0.25) is 0 Å². The number of amides is 1. The van der Waals surface area contributed by atoms with Crippen LogP contribution in [-0.2, 0) is 33.6 Å². The third-order valence-corrected chi connectivity index (χ3v) is 10.6. The Morgan fingerprint density at radius 1 is 1.15 bits per heavy atom. The van der Waals surface area contributed by atoms with Crippen LogP contribution in [0.25, 0.3) is 0 Å². The van der Waals surface area contributed by atoms with Crippen molar-refractivity contribution in [3.05, 3.63) is 44.0 Å². The molecule has 9 atom stereocenters. The van der Waals surface area contributed by atoms with E-state index in [0.29, 0.717) is 12.0 Å². The number of hydrogen-bond acceptors (Lipinski definition) is 14. The minimum atomic E-state index is -2.50. The van der Waals surface area contributed by atoms with Crippen molar-refractivity contribution in [3.63, 3.8) is 0 Å². The first-order valence-corrected chi connectivity index (χ1v) is 15.2. The fourth-order valence-corrected chi connectivity index (χ4v) is 8.22. The number of nitrogens with zero attached hydrogens (tertiary/aromatic N) is 2. The molecule has 4 rings (SSSR count). The topological polar surface area (TPSA) is 255 Å². The first-order valence-electron chi connectivity index (χ1n) is 15.2. The summed E-state index contributed by atoms with van der Waals surface area (Å²) in [6.07, 6.45) is -1.000. The zero-order chi connectivity index (χ0) is 34.9. The maximum atomic E-state index is 17.2. The summed E-state index contributed by atoms with van der Waals surface area (Å²) in [4.78, 5) is 79.0. The Bertz CT molecular complexity index is 1390. The van der Waals surface area contributed by atoms with E-state index in [-0.39, 0.29) is 37.9 Å². The van der Waals surface area contributed by atoms with Crippen LogP contribution in [0, 0.1) is 42.9 Å². The van der Waals surface area contributed by atoms with Crippen molar-refractivity contribution >= 4 is 23.4 Å². The number of hydrogen-bond donors (Lipinski definition) is 4. The molecule has 0 spiro atoms. The number of Topliss-reactive ketones (excluding diaryl/α,β-unsaturated/α-hetero) is 1. The van der Waals surface area contributed by atoms with E-state index in [2.05, 4.69) is 15.0 Å². The molecule has 47 heavy (non-hydrogen) atoms. The largest absolute Gasteiger partial charge is 0.456 e. The standard InChI is InChI=1S/C29H38FN3O14/c1-26-9-8-17(34)10-16(26)6-7-19-20-11-21(35)29(40,27(20,2)12-22(36)28(19,26)30)23(37)15-45-25(39)13-31-24(38)5-3-4-18(47-33(43)44)14-46-32(41)42/h8-10,18-22,35-36,40H,3-7,11-15H2,1-2H3,(H,31,38)/t18?,19-,20-,21+,22-,26-,27-,28-,29-/m0/s1. The van der Waals surface area contributed by atoms with Gasteiger partial charge in [0.15, 0.2) is 23.7 Å². The SMILES string of the molecule is C[C@]12C=CC(=O)C=C1CC[C@H]1[C@@H]3C[C@@H](O)[C@](O)(C(=O)COC(=O)CNC(=O)CCCC(CO[N+](=O)[O-])O[N+](=O)[O-])[C@@]3(C)C[C@H](O)[C@@]12F. The number of fused-ring (bicyclic) bond motifs is 5. The summed E-state index contributed by atoms with van der Waals surface area (Å²) in [6.45, 7) is 0.689. The van der Waals surface area contributed by atoms with Crippen molar-refractivity contribution in [1.29, 1.82) is 0 Å². The van der Waals surface area contributed by atoms with Crippen molar-refractivity contribution in [1.82, 2.24) is 5.32 Å². The van der Waals surface area contributed by atoms with E-state index in [4.69, 9.17) is 4.74 Å². The van der Waals surface area contributed by atoms with Crippen LogP contribution in [0.5, 0.6) is 0 Å². The first-order chi connectivity index (χ1) is 21.9. The van der Waals surface area contributed by atoms with Crippen LogP contribution in [0.4, 0.5) is 4.39 Å². The Morgan fingerprint density at radius 2 is 1.85 bits per heavy atom. The summed E-state index contributed by atoms with van der Waals surface area (Å²) in [5.41, 5.74) is -7.01. The van der Waals surface area contributed by atoms with Gasteiger partial charge < -0.3 is 35.0 Å². The summed E-state index contributed by atoms with van der Waals surface area (Å²) in [5, 5.41) is 54.9. The van der Waals surface area contributed by atoms with Gasteiger partial charge in [0.1, 0.15) is 19.3 Å². The smallest absolute Gasteiger partial charge is 0.325 e. The third kappa shape index (κ3) is 6.32. The third-order valence-electron chi connectivity index (χ3n) is 10.6. The minimum absolute atomic E-state index is 0.0260. The molecule has 0 heterocycles. The molecule has 3 fully saturated rings. The molecular formula is C29H38FN3O14. The second-order valence-corrected chi connectivity index (χ2v) is 13.0. The lowest BCUT2D eigenvalue weighted by Gasteiger charge is -2.62. The highest BCUT2D eigenvalue weighted by molar-refractivity contribution is 6.01. The molecule has 0 saturated heterocycles. The van der Waals surface area contributed by atoms with Crippen molar-refractivity contribution < 1.29 is 63.5 Å². The van der Waals surface area contributed by atoms with Gasteiger partial charge in [-0.1, -0.05) is 18.6 Å². The average molecular weight is 672 g/mol. The number of aliphatic hydroxyl groups is 3. The lowest BCUT2D eigenvalue weighted by Crippen LogP contribution is -2.69. The predicted octanol–water partition coefficient (Wildman–Crippen LogP) is 0.243. The molecule has 0 bridgehead atoms. The Hall–Kier alpha value is -4.03. The molecule has 0 aromatic heterocycles. The molecule has 260 valence electrons. The van der Waals surface area contributed by atoms with Gasteiger partial charge in [0.25, 0.3) is 10.2 Å². The summed E-state index contributed by atoms with van der Waals surface area (Å²) < 4.78 is 22.2. The van der Waals surface area contributed by atoms with Crippen LogP contribution in [0.1, 0.15) is 58.8 Å². The monoisotopic (exact) mass is 671 g/mol. The van der Waals surface area contributed by atoms with Crippen molar-refractivity contribution in [2.24, 2.45) is 22.7 Å². The number of halogens is 1. The van der Waals surface area contributed by atoms with Crippen LogP contribution in [0.15, 0.2) is 23.8 Å². The molecule has 0 aliphatic heterocycles. The second-order valence-electron chi connectivity index (χ2n) is 13.0. The Balaban J connectivity index is 1.33. The number of aliphatic hydroxyl groups excluding tert-OH is 2. The first kappa shape index (κ1) is 35.8. The van der Waals surface area contributed by atoms with Crippen LogP contribution in [0.3, 0.4) is 0 Å². The van der Waals surface area contributed by atoms with Crippen molar-refractivity contribution in [2.45, 2.75) is 88.4 Å². The zero-order valence-corrected chi connectivity index (χ0v) is 25.8. The molecule has 3 saturated carbocycles. The molecular weight excluding hydrogens is 633 g/mol.